The number of amides is 2. The molecule has 44 heavy (non-hydrogen) atoms. The summed E-state index contributed by atoms with van der Waals surface area (Å²) in [7, 11) is -4.24. The van der Waals surface area contributed by atoms with E-state index in [1.165, 1.54) is 31.7 Å². The fourth-order valence-corrected chi connectivity index (χ4v) is 9.18. The Morgan fingerprint density at radius 2 is 1.82 bits per heavy atom. The number of carbonyl (C=O) groups is 2. The van der Waals surface area contributed by atoms with Crippen molar-refractivity contribution in [1.82, 2.24) is 14.7 Å². The molecule has 2 unspecified atom stereocenters. The van der Waals surface area contributed by atoms with E-state index in [1.54, 1.807) is 29.2 Å². The van der Waals surface area contributed by atoms with E-state index in [0.717, 1.165) is 38.0 Å². The van der Waals surface area contributed by atoms with Crippen molar-refractivity contribution in [3.05, 3.63) is 35.9 Å². The van der Waals surface area contributed by atoms with Crippen LogP contribution in [0.1, 0.15) is 88.9 Å². The second kappa shape index (κ2) is 10.7. The van der Waals surface area contributed by atoms with Gasteiger partial charge in [0.1, 0.15) is 17.5 Å². The molecule has 1 spiro atoms. The Bertz CT molecular complexity index is 1590. The highest BCUT2D eigenvalue weighted by Crippen LogP contribution is 2.66. The van der Waals surface area contributed by atoms with Gasteiger partial charge in [0.05, 0.1) is 5.56 Å². The van der Waals surface area contributed by atoms with Crippen LogP contribution in [0.15, 0.2) is 35.4 Å². The largest absolute Gasteiger partial charge is 0.370 e. The molecule has 5 aliphatic rings. The van der Waals surface area contributed by atoms with E-state index in [0.29, 0.717) is 54.3 Å². The molecule has 2 aromatic heterocycles. The van der Waals surface area contributed by atoms with Gasteiger partial charge < -0.3 is 10.2 Å². The lowest BCUT2D eigenvalue weighted by Gasteiger charge is -2.38. The van der Waals surface area contributed by atoms with Crippen molar-refractivity contribution in [2.75, 3.05) is 34.8 Å². The summed E-state index contributed by atoms with van der Waals surface area (Å²) in [5.74, 6) is 2.26. The molecule has 2 saturated heterocycles. The molecular weight excluding hydrogens is 576 g/mol. The lowest BCUT2D eigenvalue weighted by atomic mass is 9.67. The summed E-state index contributed by atoms with van der Waals surface area (Å²) in [6.07, 6.45) is 10.1. The van der Waals surface area contributed by atoms with Crippen molar-refractivity contribution in [2.24, 2.45) is 29.1 Å². The summed E-state index contributed by atoms with van der Waals surface area (Å²) in [6, 6.07) is 8.04. The first kappa shape index (κ1) is 29.5. The summed E-state index contributed by atoms with van der Waals surface area (Å²) in [5.41, 5.74) is 0.464. The molecule has 4 fully saturated rings. The van der Waals surface area contributed by atoms with E-state index < -0.39 is 15.9 Å². The maximum Gasteiger partial charge on any atom is 0.281 e. The number of hydrogen-bond acceptors (Lipinski definition) is 8. The summed E-state index contributed by atoms with van der Waals surface area (Å²) >= 11 is 0. The number of nitrogens with zero attached hydrogens (tertiary/aromatic N) is 4. The minimum Gasteiger partial charge on any atom is -0.370 e. The zero-order valence-corrected chi connectivity index (χ0v) is 26.8. The Hall–Kier alpha value is -3.21. The zero-order valence-electron chi connectivity index (χ0n) is 26.0. The van der Waals surface area contributed by atoms with Crippen LogP contribution in [0.3, 0.4) is 0 Å². The molecule has 2 aliphatic carbocycles. The molecule has 0 aromatic carbocycles. The molecule has 2 N–H and O–H groups in total. The van der Waals surface area contributed by atoms with Gasteiger partial charge in [-0.2, -0.15) is 8.42 Å². The third-order valence-corrected chi connectivity index (χ3v) is 12.6. The number of nitrogens with one attached hydrogen (secondary N) is 2. The van der Waals surface area contributed by atoms with Crippen molar-refractivity contribution in [3.63, 3.8) is 0 Å². The first-order valence-corrected chi connectivity index (χ1v) is 17.8. The van der Waals surface area contributed by atoms with Crippen LogP contribution in [0.2, 0.25) is 0 Å². The summed E-state index contributed by atoms with van der Waals surface area (Å²) in [5, 5.41) is 3.03. The number of pyridine rings is 2. The van der Waals surface area contributed by atoms with Crippen LogP contribution < -0.4 is 19.8 Å². The molecule has 3 aliphatic heterocycles. The van der Waals surface area contributed by atoms with Gasteiger partial charge in [-0.15, -0.1) is 0 Å². The SMILES string of the molecule is C[C@H]1CCNc2cccc(n2)S(=O)(=O)NC(=O)c2ccc(N3CCC(CCC4CCC45CC5)C3=O)nc2N2C[C@@H]1CC2(C)C. The number of hydrogen-bond donors (Lipinski definition) is 2. The molecular formula is C33H44N6O4S. The normalized spacial score (nSPS) is 30.1. The first-order valence-electron chi connectivity index (χ1n) is 16.3. The van der Waals surface area contributed by atoms with Gasteiger partial charge in [0.15, 0.2) is 5.03 Å². The second-order valence-electron chi connectivity index (χ2n) is 14.6. The van der Waals surface area contributed by atoms with Gasteiger partial charge in [-0.3, -0.25) is 14.5 Å². The van der Waals surface area contributed by atoms with Gasteiger partial charge in [0.2, 0.25) is 5.91 Å². The lowest BCUT2D eigenvalue weighted by molar-refractivity contribution is -0.120. The fraction of sp³-hybridized carbons (Fsp3) is 0.636. The smallest absolute Gasteiger partial charge is 0.281 e. The predicted octanol–water partition coefficient (Wildman–Crippen LogP) is 4.98. The summed E-state index contributed by atoms with van der Waals surface area (Å²) in [6.45, 7) is 8.47. The van der Waals surface area contributed by atoms with Gasteiger partial charge in [-0.1, -0.05) is 13.0 Å². The number of sulfonamides is 1. The Balaban J connectivity index is 1.20. The molecule has 10 nitrogen and oxygen atoms in total. The number of carbonyl (C=O) groups excluding carboxylic acids is 2. The molecule has 7 rings (SSSR count). The monoisotopic (exact) mass is 620 g/mol. The molecule has 2 amide bonds. The number of aromatic nitrogens is 2. The van der Waals surface area contributed by atoms with Crippen LogP contribution in [0.4, 0.5) is 17.5 Å². The minimum atomic E-state index is -4.24. The van der Waals surface area contributed by atoms with Crippen LogP contribution >= 0.6 is 0 Å². The Morgan fingerprint density at radius 3 is 2.57 bits per heavy atom. The van der Waals surface area contributed by atoms with Crippen molar-refractivity contribution in [3.8, 4) is 0 Å². The fourth-order valence-electron chi connectivity index (χ4n) is 8.24. The minimum absolute atomic E-state index is 0.00424. The lowest BCUT2D eigenvalue weighted by Crippen LogP contribution is -2.41. The Labute approximate surface area is 260 Å². The molecule has 4 bridgehead atoms. The molecule has 11 heteroatoms. The quantitative estimate of drug-likeness (QED) is 0.491. The molecule has 2 aromatic rings. The highest BCUT2D eigenvalue weighted by Gasteiger charge is 2.55. The standard InChI is InChI=1S/C33H44N6O4S/c1-21-12-17-34-26-5-4-6-28(35-26)44(42,43)37-30(40)25-9-10-27(36-29(25)39-20-23(21)19-32(39,2)3)38-18-13-22(31(38)41)7-8-24-11-14-33(24)15-16-33/h4-6,9-10,21-24H,7-8,11-20H2,1-3H3,(H,34,35)(H,37,40)/t21-,22?,23-,24?/m0/s1. The second-order valence-corrected chi connectivity index (χ2v) is 16.2. The van der Waals surface area contributed by atoms with Gasteiger partial charge in [-0.25, -0.2) is 14.7 Å². The van der Waals surface area contributed by atoms with Crippen LogP contribution in [-0.2, 0) is 14.8 Å². The average Bonchev–Trinajstić information content (AvgIpc) is 3.65. The van der Waals surface area contributed by atoms with Crippen molar-refractivity contribution >= 4 is 39.3 Å². The molecule has 5 heterocycles. The van der Waals surface area contributed by atoms with Crippen molar-refractivity contribution in [2.45, 2.75) is 89.1 Å². The van der Waals surface area contributed by atoms with Crippen LogP contribution in [0, 0.1) is 29.1 Å². The van der Waals surface area contributed by atoms with Crippen molar-refractivity contribution in [1.29, 1.82) is 0 Å². The summed E-state index contributed by atoms with van der Waals surface area (Å²) < 4.78 is 28.8. The highest BCUT2D eigenvalue weighted by atomic mass is 32.2. The van der Waals surface area contributed by atoms with Gasteiger partial charge in [0.25, 0.3) is 15.9 Å². The maximum absolute atomic E-state index is 13.7. The average molecular weight is 621 g/mol. The van der Waals surface area contributed by atoms with E-state index in [9.17, 15) is 18.0 Å². The van der Waals surface area contributed by atoms with E-state index in [2.05, 4.69) is 40.7 Å². The third-order valence-electron chi connectivity index (χ3n) is 11.4. The van der Waals surface area contributed by atoms with Gasteiger partial charge >= 0.3 is 0 Å². The van der Waals surface area contributed by atoms with E-state index in [4.69, 9.17) is 4.98 Å². The van der Waals surface area contributed by atoms with E-state index in [1.807, 2.05) is 0 Å². The summed E-state index contributed by atoms with van der Waals surface area (Å²) in [4.78, 5) is 40.5. The molecule has 236 valence electrons. The third kappa shape index (κ3) is 5.24. The van der Waals surface area contributed by atoms with Crippen LogP contribution in [-0.4, -0.2) is 55.4 Å². The number of anilines is 3. The predicted molar refractivity (Wildman–Crippen MR) is 169 cm³/mol. The maximum atomic E-state index is 13.7. The molecule has 0 radical (unpaired) electrons. The van der Waals surface area contributed by atoms with Crippen molar-refractivity contribution < 1.29 is 18.0 Å². The number of rotatable bonds is 4. The Kier molecular flexibility index (Phi) is 7.18. The number of fused-ring (bicyclic) bond motifs is 6. The van der Waals surface area contributed by atoms with Gasteiger partial charge in [0, 0.05) is 31.1 Å². The topological polar surface area (TPSA) is 125 Å². The molecule has 2 saturated carbocycles. The van der Waals surface area contributed by atoms with Crippen LogP contribution in [0.25, 0.3) is 0 Å². The highest BCUT2D eigenvalue weighted by molar-refractivity contribution is 7.90. The molecule has 4 atom stereocenters. The van der Waals surface area contributed by atoms with Crippen LogP contribution in [0.5, 0.6) is 0 Å². The first-order chi connectivity index (χ1) is 21.0. The van der Waals surface area contributed by atoms with E-state index >= 15 is 0 Å². The Morgan fingerprint density at radius 1 is 1.00 bits per heavy atom. The van der Waals surface area contributed by atoms with Gasteiger partial charge in [-0.05, 0) is 119 Å². The van der Waals surface area contributed by atoms with E-state index in [-0.39, 0.29) is 28.0 Å². The zero-order chi connectivity index (χ0) is 30.9.